The molecule has 2 unspecified atom stereocenters. The first-order valence-corrected chi connectivity index (χ1v) is 4.23. The molecule has 0 amide bonds. The first-order valence-electron chi connectivity index (χ1n) is 4.23. The van der Waals surface area contributed by atoms with Crippen LogP contribution in [-0.4, -0.2) is 39.6 Å². The molecule has 0 aliphatic heterocycles. The number of rotatable bonds is 3. The fourth-order valence-corrected chi connectivity index (χ4v) is 1.24. The Morgan fingerprint density at radius 1 is 1.60 bits per heavy atom. The number of hydrogen-bond acceptors (Lipinski definition) is 6. The van der Waals surface area contributed by atoms with Crippen molar-refractivity contribution in [2.45, 2.75) is 19.1 Å². The normalized spacial score (nSPS) is 14.7. The molecule has 0 aliphatic rings. The van der Waals surface area contributed by atoms with Gasteiger partial charge in [-0.3, -0.25) is 5.10 Å². The second-order valence-electron chi connectivity index (χ2n) is 3.06. The molecule has 1 aromatic rings. The number of aliphatic hydroxyl groups excluding tert-OH is 2. The van der Waals surface area contributed by atoms with Crippen LogP contribution in [0.3, 0.4) is 0 Å². The van der Waals surface area contributed by atoms with Crippen LogP contribution in [0.25, 0.3) is 0 Å². The summed E-state index contributed by atoms with van der Waals surface area (Å²) in [5.74, 6) is -0.884. The highest BCUT2D eigenvalue weighted by molar-refractivity contribution is 5.75. The number of anilines is 1. The average molecular weight is 215 g/mol. The molecular weight excluding hydrogens is 202 g/mol. The largest absolute Gasteiger partial charge is 0.467 e. The second-order valence-corrected chi connectivity index (χ2v) is 3.06. The highest BCUT2D eigenvalue weighted by Gasteiger charge is 2.30. The lowest BCUT2D eigenvalue weighted by Gasteiger charge is -2.15. The van der Waals surface area contributed by atoms with Crippen LogP contribution in [0.4, 0.5) is 5.82 Å². The number of ether oxygens (including phenoxy) is 1. The van der Waals surface area contributed by atoms with Crippen LogP contribution in [-0.2, 0) is 9.53 Å². The van der Waals surface area contributed by atoms with Gasteiger partial charge in [0.25, 0.3) is 0 Å². The van der Waals surface area contributed by atoms with Crippen molar-refractivity contribution in [3.8, 4) is 0 Å². The predicted molar refractivity (Wildman–Crippen MR) is 50.7 cm³/mol. The van der Waals surface area contributed by atoms with Gasteiger partial charge in [0.05, 0.1) is 7.11 Å². The van der Waals surface area contributed by atoms with E-state index in [0.717, 1.165) is 7.11 Å². The quantitative estimate of drug-likeness (QED) is 0.473. The maximum absolute atomic E-state index is 11.0. The molecule has 0 saturated heterocycles. The Labute approximate surface area is 85.9 Å². The number of nitrogens with one attached hydrogen (secondary N) is 1. The summed E-state index contributed by atoms with van der Waals surface area (Å²) in [7, 11) is 1.11. The molecule has 84 valence electrons. The first kappa shape index (κ1) is 11.5. The lowest BCUT2D eigenvalue weighted by Crippen LogP contribution is -2.29. The zero-order valence-electron chi connectivity index (χ0n) is 8.39. The van der Waals surface area contributed by atoms with E-state index in [1.165, 1.54) is 0 Å². The van der Waals surface area contributed by atoms with Crippen molar-refractivity contribution in [2.75, 3.05) is 12.8 Å². The number of carbonyl (C=O) groups excluding carboxylic acids is 1. The number of nitrogens with two attached hydrogens (primary N) is 1. The highest BCUT2D eigenvalue weighted by atomic mass is 16.5. The van der Waals surface area contributed by atoms with Crippen molar-refractivity contribution < 1.29 is 19.7 Å². The van der Waals surface area contributed by atoms with Gasteiger partial charge in [-0.2, -0.15) is 5.10 Å². The van der Waals surface area contributed by atoms with E-state index in [-0.39, 0.29) is 11.4 Å². The number of nitrogen functional groups attached to an aromatic ring is 1. The van der Waals surface area contributed by atoms with Crippen LogP contribution in [0.5, 0.6) is 0 Å². The maximum Gasteiger partial charge on any atom is 0.337 e. The first-order chi connectivity index (χ1) is 6.99. The van der Waals surface area contributed by atoms with Crippen LogP contribution in [0, 0.1) is 6.92 Å². The molecule has 1 rings (SSSR count). The number of hydrogen-bond donors (Lipinski definition) is 4. The number of aryl methyl sites for hydroxylation is 1. The van der Waals surface area contributed by atoms with Crippen molar-refractivity contribution in [3.05, 3.63) is 11.3 Å². The van der Waals surface area contributed by atoms with E-state index < -0.39 is 18.2 Å². The van der Waals surface area contributed by atoms with E-state index in [2.05, 4.69) is 14.9 Å². The number of aliphatic hydroxyl groups is 2. The molecule has 7 heteroatoms. The zero-order valence-corrected chi connectivity index (χ0v) is 8.39. The maximum atomic E-state index is 11.0. The van der Waals surface area contributed by atoms with E-state index in [1.807, 2.05) is 0 Å². The average Bonchev–Trinajstić information content (AvgIpc) is 2.55. The van der Waals surface area contributed by atoms with Gasteiger partial charge in [0.1, 0.15) is 6.10 Å². The molecule has 0 aromatic carbocycles. The Hall–Kier alpha value is -1.60. The van der Waals surface area contributed by atoms with Crippen LogP contribution in [0.2, 0.25) is 0 Å². The van der Waals surface area contributed by atoms with Gasteiger partial charge in [-0.25, -0.2) is 4.79 Å². The molecule has 1 heterocycles. The number of H-pyrrole nitrogens is 1. The number of carbonyl (C=O) groups is 1. The monoisotopic (exact) mass is 215 g/mol. The van der Waals surface area contributed by atoms with Gasteiger partial charge >= 0.3 is 5.97 Å². The Morgan fingerprint density at radius 2 is 2.20 bits per heavy atom. The van der Waals surface area contributed by atoms with Crippen LogP contribution in [0.1, 0.15) is 17.4 Å². The Balaban J connectivity index is 2.94. The predicted octanol–water partition coefficient (Wildman–Crippen LogP) is -1.13. The topological polar surface area (TPSA) is 121 Å². The number of aromatic amines is 1. The molecule has 2 atom stereocenters. The zero-order chi connectivity index (χ0) is 11.6. The van der Waals surface area contributed by atoms with Crippen LogP contribution < -0.4 is 5.73 Å². The Morgan fingerprint density at radius 3 is 2.60 bits per heavy atom. The summed E-state index contributed by atoms with van der Waals surface area (Å²) in [6.45, 7) is 1.62. The fraction of sp³-hybridized carbons (Fsp3) is 0.500. The lowest BCUT2D eigenvalue weighted by atomic mass is 10.0. The molecule has 0 spiro atoms. The summed E-state index contributed by atoms with van der Waals surface area (Å²) in [6, 6.07) is 0. The number of methoxy groups -OCH3 is 1. The van der Waals surface area contributed by atoms with Gasteiger partial charge in [0.2, 0.25) is 0 Å². The van der Waals surface area contributed by atoms with Gasteiger partial charge in [-0.05, 0) is 6.92 Å². The summed E-state index contributed by atoms with van der Waals surface area (Å²) in [6.07, 6.45) is -3.12. The van der Waals surface area contributed by atoms with Crippen LogP contribution in [0.15, 0.2) is 0 Å². The Bertz CT molecular complexity index is 343. The van der Waals surface area contributed by atoms with Crippen molar-refractivity contribution in [1.29, 1.82) is 0 Å². The van der Waals surface area contributed by atoms with Crippen molar-refractivity contribution in [3.63, 3.8) is 0 Å². The van der Waals surface area contributed by atoms with Gasteiger partial charge < -0.3 is 20.7 Å². The second kappa shape index (κ2) is 4.28. The number of nitrogens with zero attached hydrogens (tertiary/aromatic N) is 1. The molecular formula is C8H13N3O4. The molecule has 15 heavy (non-hydrogen) atoms. The van der Waals surface area contributed by atoms with E-state index in [0.29, 0.717) is 5.69 Å². The minimum atomic E-state index is -1.67. The highest BCUT2D eigenvalue weighted by Crippen LogP contribution is 2.24. The van der Waals surface area contributed by atoms with Gasteiger partial charge in [0.15, 0.2) is 11.9 Å². The van der Waals surface area contributed by atoms with Gasteiger partial charge in [0, 0.05) is 11.3 Å². The number of aromatic nitrogens is 2. The molecule has 0 fully saturated rings. The van der Waals surface area contributed by atoms with E-state index in [1.54, 1.807) is 6.92 Å². The lowest BCUT2D eigenvalue weighted by molar-refractivity contribution is -0.156. The van der Waals surface area contributed by atoms with Gasteiger partial charge in [-0.15, -0.1) is 0 Å². The standard InChI is InChI=1S/C8H13N3O4/c1-3-4(7(9)11-10-3)5(12)6(13)8(14)15-2/h5-6,12-13H,1-2H3,(H3,9,10,11). The molecule has 5 N–H and O–H groups in total. The van der Waals surface area contributed by atoms with Gasteiger partial charge in [-0.1, -0.05) is 0 Å². The smallest absolute Gasteiger partial charge is 0.337 e. The molecule has 0 bridgehead atoms. The third-order valence-corrected chi connectivity index (χ3v) is 2.06. The number of esters is 1. The summed E-state index contributed by atoms with van der Waals surface area (Å²) < 4.78 is 4.29. The molecule has 0 saturated carbocycles. The van der Waals surface area contributed by atoms with Crippen molar-refractivity contribution >= 4 is 11.8 Å². The summed E-state index contributed by atoms with van der Waals surface area (Å²) in [4.78, 5) is 11.0. The SMILES string of the molecule is COC(=O)C(O)C(O)c1c(N)n[nH]c1C. The molecule has 1 aromatic heterocycles. The molecule has 7 nitrogen and oxygen atoms in total. The summed E-state index contributed by atoms with van der Waals surface area (Å²) >= 11 is 0. The van der Waals surface area contributed by atoms with E-state index in [4.69, 9.17) is 5.73 Å². The molecule has 0 radical (unpaired) electrons. The fourth-order valence-electron chi connectivity index (χ4n) is 1.24. The minimum absolute atomic E-state index is 0.0444. The van der Waals surface area contributed by atoms with E-state index in [9.17, 15) is 15.0 Å². The van der Waals surface area contributed by atoms with Crippen molar-refractivity contribution in [1.82, 2.24) is 10.2 Å². The third kappa shape index (κ3) is 2.08. The Kier molecular flexibility index (Phi) is 3.28. The minimum Gasteiger partial charge on any atom is -0.467 e. The van der Waals surface area contributed by atoms with Crippen LogP contribution >= 0.6 is 0 Å². The third-order valence-electron chi connectivity index (χ3n) is 2.06. The van der Waals surface area contributed by atoms with Crippen molar-refractivity contribution in [2.24, 2.45) is 0 Å². The summed E-state index contributed by atoms with van der Waals surface area (Å²) in [5, 5.41) is 25.2. The van der Waals surface area contributed by atoms with E-state index >= 15 is 0 Å². The summed E-state index contributed by atoms with van der Waals surface area (Å²) in [5.41, 5.74) is 6.15. The molecule has 0 aliphatic carbocycles.